The third-order valence-electron chi connectivity index (χ3n) is 4.16. The van der Waals surface area contributed by atoms with Gasteiger partial charge in [-0.1, -0.05) is 13.8 Å². The van der Waals surface area contributed by atoms with Gasteiger partial charge in [-0.2, -0.15) is 13.2 Å². The smallest absolute Gasteiger partial charge is 0.423 e. The number of rotatable bonds is 6. The van der Waals surface area contributed by atoms with Crippen molar-refractivity contribution in [3.63, 3.8) is 0 Å². The number of halogens is 4. The van der Waals surface area contributed by atoms with E-state index in [1.165, 1.54) is 13.1 Å². The van der Waals surface area contributed by atoms with E-state index in [1.54, 1.807) is 0 Å². The van der Waals surface area contributed by atoms with Crippen LogP contribution < -0.4 is 16.5 Å². The summed E-state index contributed by atoms with van der Waals surface area (Å²) < 4.78 is 59.6. The summed E-state index contributed by atoms with van der Waals surface area (Å²) in [7, 11) is 0.113. The van der Waals surface area contributed by atoms with Gasteiger partial charge in [-0.15, -0.1) is 0 Å². The molecular weight excluding hydrogens is 391 g/mol. The van der Waals surface area contributed by atoms with Gasteiger partial charge in [0.1, 0.15) is 17.2 Å². The van der Waals surface area contributed by atoms with E-state index in [1.807, 2.05) is 13.8 Å². The molecule has 0 atom stereocenters. The number of nitrogens with two attached hydrogens (primary N) is 1. The van der Waals surface area contributed by atoms with E-state index in [0.717, 1.165) is 6.07 Å². The number of benzene rings is 1. The average molecular weight is 416 g/mol. The molecule has 160 valence electrons. The van der Waals surface area contributed by atoms with Gasteiger partial charge in [0.05, 0.1) is 12.6 Å². The van der Waals surface area contributed by atoms with Gasteiger partial charge in [0.2, 0.25) is 0 Å². The highest BCUT2D eigenvalue weighted by Gasteiger charge is 2.38. The number of nitrogens with one attached hydrogen (secondary N) is 1. The molecule has 0 fully saturated rings. The van der Waals surface area contributed by atoms with Crippen LogP contribution in [0, 0.1) is 5.82 Å². The first-order chi connectivity index (χ1) is 13.7. The van der Waals surface area contributed by atoms with E-state index < -0.39 is 30.5 Å². The third kappa shape index (κ3) is 6.38. The Balaban J connectivity index is 0.00000204. The maximum Gasteiger partial charge on any atom is 0.494 e. The molecule has 11 heteroatoms. The van der Waals surface area contributed by atoms with Crippen LogP contribution in [0.25, 0.3) is 0 Å². The van der Waals surface area contributed by atoms with Crippen LogP contribution in [-0.4, -0.2) is 44.0 Å². The van der Waals surface area contributed by atoms with Gasteiger partial charge >= 0.3 is 13.3 Å². The molecule has 0 aromatic heterocycles. The Labute approximate surface area is 167 Å². The van der Waals surface area contributed by atoms with Crippen molar-refractivity contribution in [2.75, 3.05) is 12.4 Å². The second kappa shape index (κ2) is 11.1. The Morgan fingerprint density at radius 1 is 1.38 bits per heavy atom. The number of alkyl halides is 3. The minimum atomic E-state index is -4.73. The van der Waals surface area contributed by atoms with Gasteiger partial charge in [-0.3, -0.25) is 9.98 Å². The predicted octanol–water partition coefficient (Wildman–Crippen LogP) is 2.76. The molecule has 0 saturated carbocycles. The zero-order valence-electron chi connectivity index (χ0n) is 16.6. The summed E-state index contributed by atoms with van der Waals surface area (Å²) in [5, 5.41) is 12.2. The first-order valence-corrected chi connectivity index (χ1v) is 8.99. The van der Waals surface area contributed by atoms with Crippen LogP contribution in [0.4, 0.5) is 23.2 Å². The average Bonchev–Trinajstić information content (AvgIpc) is 3.05. The fourth-order valence-electron chi connectivity index (χ4n) is 2.71. The molecule has 1 aromatic rings. The van der Waals surface area contributed by atoms with Crippen LogP contribution >= 0.6 is 0 Å². The van der Waals surface area contributed by atoms with Gasteiger partial charge in [0.15, 0.2) is 0 Å². The van der Waals surface area contributed by atoms with Crippen molar-refractivity contribution in [3.05, 3.63) is 35.3 Å². The molecule has 1 aromatic carbocycles. The molecule has 0 aliphatic carbocycles. The quantitative estimate of drug-likeness (QED) is 0.288. The normalized spacial score (nSPS) is 14.5. The summed E-state index contributed by atoms with van der Waals surface area (Å²) in [4.78, 5) is 7.39. The maximum atomic E-state index is 14.2. The summed E-state index contributed by atoms with van der Waals surface area (Å²) in [6.07, 6.45) is -3.09. The summed E-state index contributed by atoms with van der Waals surface area (Å²) in [6, 6.07) is 2.06. The van der Waals surface area contributed by atoms with E-state index >= 15 is 0 Å². The van der Waals surface area contributed by atoms with E-state index in [0.29, 0.717) is 24.6 Å². The Bertz CT molecular complexity index is 765. The summed E-state index contributed by atoms with van der Waals surface area (Å²) >= 11 is 0. The van der Waals surface area contributed by atoms with Gasteiger partial charge in [0, 0.05) is 17.4 Å². The number of hydrogen-bond donors (Lipinski definition) is 3. The van der Waals surface area contributed by atoms with E-state index in [2.05, 4.69) is 27.8 Å². The molecule has 0 amide bonds. The molecule has 6 nitrogen and oxygen atoms in total. The number of nitrogens with zero attached hydrogens (tertiary/aromatic N) is 2. The second-order valence-corrected chi connectivity index (χ2v) is 5.99. The zero-order chi connectivity index (χ0) is 22.2. The van der Waals surface area contributed by atoms with E-state index in [4.69, 9.17) is 4.65 Å². The highest BCUT2D eigenvalue weighted by atomic mass is 19.4. The van der Waals surface area contributed by atoms with Gasteiger partial charge in [-0.05, 0) is 44.3 Å². The zero-order valence-corrected chi connectivity index (χ0v) is 16.6. The summed E-state index contributed by atoms with van der Waals surface area (Å²) in [5.41, 5.74) is 3.79. The molecule has 0 unspecified atom stereocenters. The minimum Gasteiger partial charge on any atom is -0.423 e. The summed E-state index contributed by atoms with van der Waals surface area (Å²) in [6.45, 7) is 6.66. The SMILES string of the molecule is C=N/C=C(\C(=NC(CC)CC)Nc1cc(F)c2c(c1)COB2O)C(F)(F)F.CN. The first kappa shape index (κ1) is 24.8. The third-order valence-corrected chi connectivity index (χ3v) is 4.16. The fourth-order valence-corrected chi connectivity index (χ4v) is 2.71. The Morgan fingerprint density at radius 2 is 2.00 bits per heavy atom. The monoisotopic (exact) mass is 416 g/mol. The van der Waals surface area contributed by atoms with Crippen LogP contribution in [0.5, 0.6) is 0 Å². The molecule has 0 bridgehead atoms. The molecule has 1 aliphatic heterocycles. The summed E-state index contributed by atoms with van der Waals surface area (Å²) in [5.74, 6) is -1.25. The van der Waals surface area contributed by atoms with Crippen LogP contribution in [0.1, 0.15) is 32.3 Å². The largest absolute Gasteiger partial charge is 0.494 e. The van der Waals surface area contributed by atoms with Crippen molar-refractivity contribution in [3.8, 4) is 0 Å². The molecule has 0 saturated heterocycles. The van der Waals surface area contributed by atoms with Crippen LogP contribution in [-0.2, 0) is 11.3 Å². The lowest BCUT2D eigenvalue weighted by atomic mass is 9.79. The second-order valence-electron chi connectivity index (χ2n) is 5.99. The number of aliphatic imine (C=N–C) groups is 2. The van der Waals surface area contributed by atoms with Gasteiger partial charge < -0.3 is 20.7 Å². The van der Waals surface area contributed by atoms with Crippen LogP contribution in [0.15, 0.2) is 33.9 Å². The Morgan fingerprint density at radius 3 is 2.52 bits per heavy atom. The molecule has 29 heavy (non-hydrogen) atoms. The van der Waals surface area contributed by atoms with Gasteiger partial charge in [-0.25, -0.2) is 4.39 Å². The highest BCUT2D eigenvalue weighted by Crippen LogP contribution is 2.29. The van der Waals surface area contributed by atoms with Crippen molar-refractivity contribution < 1.29 is 27.2 Å². The topological polar surface area (TPSA) is 92.2 Å². The number of anilines is 1. The number of amidine groups is 1. The maximum absolute atomic E-state index is 14.2. The molecule has 0 spiro atoms. The van der Waals surface area contributed by atoms with Crippen LogP contribution in [0.3, 0.4) is 0 Å². The molecule has 4 N–H and O–H groups in total. The van der Waals surface area contributed by atoms with Crippen molar-refractivity contribution >= 4 is 30.8 Å². The molecule has 2 rings (SSSR count). The molecule has 1 heterocycles. The van der Waals surface area contributed by atoms with E-state index in [-0.39, 0.29) is 23.8 Å². The van der Waals surface area contributed by atoms with Gasteiger partial charge in [0.25, 0.3) is 0 Å². The standard InChI is InChI=1S/C17H20BF4N3O2.CH5N/c1-4-11(5-2)24-16(13(8-23-3)17(20,21)22)25-12-6-10-9-27-18(26)15(10)14(19)7-12;1-2/h6-8,11,26H,3-5,9H2,1-2H3,(H,24,25);2H2,1H3/b13-8+;. The first-order valence-electron chi connectivity index (χ1n) is 8.99. The molecule has 0 radical (unpaired) electrons. The van der Waals surface area contributed by atoms with Crippen molar-refractivity contribution in [1.82, 2.24) is 0 Å². The number of hydrogen-bond acceptors (Lipinski definition) is 5. The lowest BCUT2D eigenvalue weighted by Crippen LogP contribution is -2.32. The van der Waals surface area contributed by atoms with Crippen molar-refractivity contribution in [2.45, 2.75) is 45.5 Å². The number of fused-ring (bicyclic) bond motifs is 1. The predicted molar refractivity (Wildman–Crippen MR) is 108 cm³/mol. The Kier molecular flexibility index (Phi) is 9.48. The molecular formula is C18H25BF4N4O2. The Hall–Kier alpha value is -2.24. The lowest BCUT2D eigenvalue weighted by molar-refractivity contribution is -0.0862. The fraction of sp³-hybridized carbons (Fsp3) is 0.444. The molecule has 1 aliphatic rings. The van der Waals surface area contributed by atoms with Crippen LogP contribution in [0.2, 0.25) is 0 Å². The highest BCUT2D eigenvalue weighted by molar-refractivity contribution is 6.61. The van der Waals surface area contributed by atoms with E-state index in [9.17, 15) is 22.6 Å². The van der Waals surface area contributed by atoms with Crippen molar-refractivity contribution in [2.24, 2.45) is 15.7 Å². The lowest BCUT2D eigenvalue weighted by Gasteiger charge is -2.19. The van der Waals surface area contributed by atoms with Crippen molar-refractivity contribution in [1.29, 1.82) is 0 Å². The minimum absolute atomic E-state index is 0.0154.